The number of nitrogens with one attached hydrogen (secondary N) is 1. The Morgan fingerprint density at radius 2 is 2.47 bits per heavy atom. The number of aliphatic hydroxyl groups is 1. The van der Waals surface area contributed by atoms with Crippen molar-refractivity contribution in [2.24, 2.45) is 5.92 Å². The molecule has 1 aliphatic rings. The number of hydrogen-bond donors (Lipinski definition) is 2. The third-order valence-corrected chi connectivity index (χ3v) is 3.93. The second kappa shape index (κ2) is 5.51. The predicted molar refractivity (Wildman–Crippen MR) is 69.3 cm³/mol. The topological polar surface area (TPSA) is 52.6 Å². The maximum atomic E-state index is 11.8. The summed E-state index contributed by atoms with van der Waals surface area (Å²) in [5.74, 6) is 0.230. The third-order valence-electron chi connectivity index (χ3n) is 3.25. The lowest BCUT2D eigenvalue weighted by molar-refractivity contribution is 0.116. The number of anilines is 1. The first-order valence-electron chi connectivity index (χ1n) is 5.89. The molecule has 2 rings (SSSR count). The van der Waals surface area contributed by atoms with E-state index in [4.69, 9.17) is 0 Å². The molecule has 0 spiro atoms. The van der Waals surface area contributed by atoms with E-state index in [1.54, 1.807) is 23.3 Å². The second-order valence-corrected chi connectivity index (χ2v) is 5.36. The number of carbonyl (C=O) groups excluding carboxylic acids is 1. The van der Waals surface area contributed by atoms with Gasteiger partial charge in [0.25, 0.3) is 0 Å². The van der Waals surface area contributed by atoms with Crippen LogP contribution in [0.15, 0.2) is 16.8 Å². The molecule has 2 unspecified atom stereocenters. The van der Waals surface area contributed by atoms with Gasteiger partial charge in [-0.2, -0.15) is 11.3 Å². The molecule has 2 amide bonds. The zero-order valence-corrected chi connectivity index (χ0v) is 10.7. The van der Waals surface area contributed by atoms with Crippen LogP contribution >= 0.6 is 11.3 Å². The normalized spacial score (nSPS) is 23.6. The Morgan fingerprint density at radius 1 is 1.65 bits per heavy atom. The van der Waals surface area contributed by atoms with Gasteiger partial charge in [0.2, 0.25) is 0 Å². The summed E-state index contributed by atoms with van der Waals surface area (Å²) < 4.78 is 0. The van der Waals surface area contributed by atoms with E-state index in [0.717, 1.165) is 24.9 Å². The van der Waals surface area contributed by atoms with Crippen LogP contribution in [-0.2, 0) is 0 Å². The number of nitrogens with zero attached hydrogens (tertiary/aromatic N) is 1. The minimum absolute atomic E-state index is 0.109. The van der Waals surface area contributed by atoms with E-state index in [1.807, 2.05) is 16.8 Å². The lowest BCUT2D eigenvalue weighted by Crippen LogP contribution is -2.37. The van der Waals surface area contributed by atoms with Crippen LogP contribution in [0.4, 0.5) is 10.5 Å². The van der Waals surface area contributed by atoms with Crippen molar-refractivity contribution >= 4 is 23.1 Å². The Hall–Kier alpha value is -1.07. The number of rotatable bonds is 3. The van der Waals surface area contributed by atoms with Gasteiger partial charge in [0.1, 0.15) is 0 Å². The molecule has 1 aromatic heterocycles. The Kier molecular flexibility index (Phi) is 4.02. The van der Waals surface area contributed by atoms with Crippen LogP contribution in [0.3, 0.4) is 0 Å². The smallest absolute Gasteiger partial charge is 0.321 e. The molecule has 1 fully saturated rings. The molecule has 2 atom stereocenters. The highest BCUT2D eigenvalue weighted by Gasteiger charge is 2.27. The molecule has 4 nitrogen and oxygen atoms in total. The fourth-order valence-corrected chi connectivity index (χ4v) is 2.81. The number of hydrogen-bond acceptors (Lipinski definition) is 3. The summed E-state index contributed by atoms with van der Waals surface area (Å²) in [5, 5.41) is 16.4. The lowest BCUT2D eigenvalue weighted by Gasteiger charge is -2.23. The fourth-order valence-electron chi connectivity index (χ4n) is 2.22. The maximum absolute atomic E-state index is 11.8. The molecule has 0 aromatic carbocycles. The first-order valence-corrected chi connectivity index (χ1v) is 6.83. The summed E-state index contributed by atoms with van der Waals surface area (Å²) >= 11 is 1.55. The molecular weight excluding hydrogens is 236 g/mol. The molecule has 1 aromatic rings. The maximum Gasteiger partial charge on any atom is 0.321 e. The van der Waals surface area contributed by atoms with E-state index in [0.29, 0.717) is 6.54 Å². The van der Waals surface area contributed by atoms with Gasteiger partial charge in [-0.15, -0.1) is 0 Å². The molecule has 5 heteroatoms. The van der Waals surface area contributed by atoms with Gasteiger partial charge in [-0.3, -0.25) is 0 Å². The highest BCUT2D eigenvalue weighted by molar-refractivity contribution is 7.08. The van der Waals surface area contributed by atoms with Crippen molar-refractivity contribution in [3.63, 3.8) is 0 Å². The zero-order chi connectivity index (χ0) is 12.3. The first-order chi connectivity index (χ1) is 8.16. The van der Waals surface area contributed by atoms with Crippen molar-refractivity contribution in [2.45, 2.75) is 25.4 Å². The van der Waals surface area contributed by atoms with E-state index in [2.05, 4.69) is 5.32 Å². The Morgan fingerprint density at radius 3 is 3.06 bits per heavy atom. The molecule has 1 heterocycles. The van der Waals surface area contributed by atoms with Crippen molar-refractivity contribution < 1.29 is 9.90 Å². The van der Waals surface area contributed by atoms with Crippen LogP contribution in [0.1, 0.15) is 19.3 Å². The number of amides is 2. The molecule has 0 saturated heterocycles. The average molecular weight is 254 g/mol. The fraction of sp³-hybridized carbons (Fsp3) is 0.583. The van der Waals surface area contributed by atoms with Crippen molar-refractivity contribution in [1.82, 2.24) is 4.90 Å². The van der Waals surface area contributed by atoms with Crippen LogP contribution in [0.2, 0.25) is 0 Å². The molecule has 1 aliphatic carbocycles. The third kappa shape index (κ3) is 3.20. The molecular formula is C12H18N2O2S. The summed E-state index contributed by atoms with van der Waals surface area (Å²) in [6, 6.07) is 1.77. The first kappa shape index (κ1) is 12.4. The molecule has 0 bridgehead atoms. The van der Waals surface area contributed by atoms with Crippen LogP contribution in [0.25, 0.3) is 0 Å². The quantitative estimate of drug-likeness (QED) is 0.870. The minimum atomic E-state index is -0.244. The van der Waals surface area contributed by atoms with Gasteiger partial charge in [0.15, 0.2) is 0 Å². The molecule has 2 N–H and O–H groups in total. The van der Waals surface area contributed by atoms with Crippen molar-refractivity contribution in [2.75, 3.05) is 18.9 Å². The van der Waals surface area contributed by atoms with Crippen molar-refractivity contribution in [3.05, 3.63) is 16.8 Å². The van der Waals surface area contributed by atoms with Crippen molar-refractivity contribution in [1.29, 1.82) is 0 Å². The largest absolute Gasteiger partial charge is 0.393 e. The SMILES string of the molecule is CN(CC1CCCC1O)C(=O)Nc1ccsc1. The van der Waals surface area contributed by atoms with E-state index in [1.165, 1.54) is 0 Å². The van der Waals surface area contributed by atoms with Crippen LogP contribution in [0, 0.1) is 5.92 Å². The van der Waals surface area contributed by atoms with E-state index >= 15 is 0 Å². The van der Waals surface area contributed by atoms with Crippen LogP contribution in [-0.4, -0.2) is 35.7 Å². The summed E-state index contributed by atoms with van der Waals surface area (Å²) in [6.45, 7) is 0.622. The molecule has 0 radical (unpaired) electrons. The predicted octanol–water partition coefficient (Wildman–Crippen LogP) is 2.37. The van der Waals surface area contributed by atoms with E-state index < -0.39 is 0 Å². The standard InChI is InChI=1S/C12H18N2O2S/c1-14(7-9-3-2-4-11(9)15)12(16)13-10-5-6-17-8-10/h5-6,8-9,11,15H,2-4,7H2,1H3,(H,13,16). The van der Waals surface area contributed by atoms with Gasteiger partial charge in [-0.25, -0.2) is 4.79 Å². The van der Waals surface area contributed by atoms with Gasteiger partial charge in [0.05, 0.1) is 11.8 Å². The monoisotopic (exact) mass is 254 g/mol. The van der Waals surface area contributed by atoms with Crippen molar-refractivity contribution in [3.8, 4) is 0 Å². The molecule has 1 saturated carbocycles. The lowest BCUT2D eigenvalue weighted by atomic mass is 10.1. The van der Waals surface area contributed by atoms with E-state index in [-0.39, 0.29) is 18.1 Å². The summed E-state index contributed by atoms with van der Waals surface area (Å²) in [6.07, 6.45) is 2.69. The Balaban J connectivity index is 1.83. The highest BCUT2D eigenvalue weighted by atomic mass is 32.1. The van der Waals surface area contributed by atoms with Gasteiger partial charge in [-0.05, 0) is 24.3 Å². The minimum Gasteiger partial charge on any atom is -0.393 e. The zero-order valence-electron chi connectivity index (χ0n) is 9.93. The van der Waals surface area contributed by atoms with Gasteiger partial charge in [0, 0.05) is 24.9 Å². The number of thiophene rings is 1. The van der Waals surface area contributed by atoms with Crippen LogP contribution < -0.4 is 5.32 Å². The molecule has 0 aliphatic heterocycles. The highest BCUT2D eigenvalue weighted by Crippen LogP contribution is 2.26. The summed E-state index contributed by atoms with van der Waals surface area (Å²) in [4.78, 5) is 13.5. The molecule has 94 valence electrons. The van der Waals surface area contributed by atoms with Gasteiger partial charge < -0.3 is 15.3 Å². The second-order valence-electron chi connectivity index (χ2n) is 4.58. The Labute approximate surface area is 105 Å². The van der Waals surface area contributed by atoms with Gasteiger partial charge >= 0.3 is 6.03 Å². The van der Waals surface area contributed by atoms with E-state index in [9.17, 15) is 9.90 Å². The van der Waals surface area contributed by atoms with Gasteiger partial charge in [-0.1, -0.05) is 6.42 Å². The average Bonchev–Trinajstić information content (AvgIpc) is 2.91. The number of aliphatic hydroxyl groups excluding tert-OH is 1. The number of urea groups is 1. The van der Waals surface area contributed by atoms with Crippen LogP contribution in [0.5, 0.6) is 0 Å². The summed E-state index contributed by atoms with van der Waals surface area (Å²) in [7, 11) is 1.77. The molecule has 17 heavy (non-hydrogen) atoms. The summed E-state index contributed by atoms with van der Waals surface area (Å²) in [5.41, 5.74) is 0.832. The Bertz CT molecular complexity index is 367. The number of carbonyl (C=O) groups is 1.